The molecule has 32 heavy (non-hydrogen) atoms. The minimum absolute atomic E-state index is 0.0813. The van der Waals surface area contributed by atoms with E-state index in [9.17, 15) is 14.5 Å². The van der Waals surface area contributed by atoms with Gasteiger partial charge >= 0.3 is 0 Å². The Morgan fingerprint density at radius 1 is 1.16 bits per heavy atom. The van der Waals surface area contributed by atoms with Gasteiger partial charge in [0.25, 0.3) is 5.69 Å². The molecular weight excluding hydrogens is 433 g/mol. The highest BCUT2D eigenvalue weighted by atomic mass is 32.1. The van der Waals surface area contributed by atoms with Crippen LogP contribution < -0.4 is 10.1 Å². The third kappa shape index (κ3) is 4.91. The molecule has 2 aromatic heterocycles. The summed E-state index contributed by atoms with van der Waals surface area (Å²) in [6.45, 7) is 2.15. The number of pyridine rings is 1. The number of thiophene rings is 1. The van der Waals surface area contributed by atoms with Gasteiger partial charge in [0.15, 0.2) is 11.6 Å². The van der Waals surface area contributed by atoms with Gasteiger partial charge in [-0.3, -0.25) is 15.1 Å². The second-order valence-corrected chi connectivity index (χ2v) is 8.03. The molecule has 2 heterocycles. The zero-order chi connectivity index (χ0) is 22.5. The molecule has 0 unspecified atom stereocenters. The molecule has 0 aliphatic heterocycles. The van der Waals surface area contributed by atoms with Crippen LogP contribution in [0, 0.1) is 15.9 Å². The average Bonchev–Trinajstić information content (AvgIpc) is 3.24. The number of nitrogens with one attached hydrogen (secondary N) is 1. The van der Waals surface area contributed by atoms with Crippen LogP contribution in [-0.4, -0.2) is 30.2 Å². The Balaban J connectivity index is 1.60. The second-order valence-electron chi connectivity index (χ2n) is 6.98. The smallest absolute Gasteiger partial charge is 0.272 e. The Hall–Kier alpha value is -3.40. The number of methoxy groups -OCH3 is 1. The van der Waals surface area contributed by atoms with E-state index in [1.54, 1.807) is 19.4 Å². The predicted molar refractivity (Wildman–Crippen MR) is 122 cm³/mol. The van der Waals surface area contributed by atoms with Crippen molar-refractivity contribution in [3.63, 3.8) is 0 Å². The molecule has 0 bridgehead atoms. The van der Waals surface area contributed by atoms with Gasteiger partial charge in [-0.2, -0.15) is 0 Å². The fraction of sp³-hybridized carbons (Fsp3) is 0.174. The van der Waals surface area contributed by atoms with Crippen LogP contribution in [0.4, 0.5) is 10.1 Å². The van der Waals surface area contributed by atoms with Crippen molar-refractivity contribution in [2.24, 2.45) is 0 Å². The zero-order valence-corrected chi connectivity index (χ0v) is 18.0. The molecule has 0 radical (unpaired) electrons. The number of aromatic nitrogens is 1. The summed E-state index contributed by atoms with van der Waals surface area (Å²) in [5.41, 5.74) is 2.60. The summed E-state index contributed by atoms with van der Waals surface area (Å²) in [6, 6.07) is 15.1. The number of nitrogens with zero attached hydrogens (tertiary/aromatic N) is 2. The highest BCUT2D eigenvalue weighted by Gasteiger charge is 2.15. The first-order valence-electron chi connectivity index (χ1n) is 9.84. The van der Waals surface area contributed by atoms with Gasteiger partial charge in [0.05, 0.1) is 27.8 Å². The van der Waals surface area contributed by atoms with Gasteiger partial charge in [-0.25, -0.2) is 4.39 Å². The summed E-state index contributed by atoms with van der Waals surface area (Å²) in [5.74, 6) is -0.437. The second kappa shape index (κ2) is 9.82. The molecule has 0 spiro atoms. The van der Waals surface area contributed by atoms with E-state index in [1.807, 2.05) is 18.2 Å². The van der Waals surface area contributed by atoms with Crippen molar-refractivity contribution >= 4 is 27.2 Å². The molecule has 9 heteroatoms. The van der Waals surface area contributed by atoms with E-state index in [-0.39, 0.29) is 11.4 Å². The third-order valence-corrected chi connectivity index (χ3v) is 5.93. The van der Waals surface area contributed by atoms with E-state index < -0.39 is 10.7 Å². The molecule has 2 aromatic carbocycles. The lowest BCUT2D eigenvalue weighted by molar-refractivity contribution is -0.385. The quantitative estimate of drug-likeness (QED) is 0.203. The number of hydrogen-bond donors (Lipinski definition) is 1. The van der Waals surface area contributed by atoms with Crippen molar-refractivity contribution in [3.8, 4) is 21.9 Å². The number of fused-ring (bicyclic) bond motifs is 1. The molecule has 0 atom stereocenters. The molecule has 0 amide bonds. The minimum Gasteiger partial charge on any atom is -0.453 e. The average molecular weight is 453 g/mol. The van der Waals surface area contributed by atoms with E-state index in [0.29, 0.717) is 12.4 Å². The first kappa shape index (κ1) is 21.8. The van der Waals surface area contributed by atoms with Crippen LogP contribution in [0.1, 0.15) is 5.56 Å². The zero-order valence-electron chi connectivity index (χ0n) is 17.2. The molecule has 0 fully saturated rings. The number of nitro groups is 1. The highest BCUT2D eigenvalue weighted by molar-refractivity contribution is 7.22. The Kier molecular flexibility index (Phi) is 6.69. The van der Waals surface area contributed by atoms with Crippen LogP contribution in [0.3, 0.4) is 0 Å². The summed E-state index contributed by atoms with van der Waals surface area (Å²) >= 11 is 1.49. The fourth-order valence-corrected chi connectivity index (χ4v) is 4.25. The van der Waals surface area contributed by atoms with Crippen molar-refractivity contribution in [2.75, 3.05) is 20.3 Å². The van der Waals surface area contributed by atoms with E-state index >= 15 is 0 Å². The van der Waals surface area contributed by atoms with Crippen molar-refractivity contribution in [3.05, 3.63) is 82.3 Å². The normalized spacial score (nSPS) is 11.1. The number of ether oxygens (including phenoxy) is 2. The first-order valence-corrected chi connectivity index (χ1v) is 10.7. The standard InChI is InChI=1S/C23H20FN3O4S/c1-30-10-9-25-14-15-3-2-4-16(11-15)22-13-19-23(32-22)21(7-8-26-19)31-20-6-5-17(27(28)29)12-18(20)24/h2-8,11-13,25H,9-10,14H2,1H3. The molecule has 0 saturated carbocycles. The predicted octanol–water partition coefficient (Wildman–Crippen LogP) is 5.54. The number of halogens is 1. The lowest BCUT2D eigenvalue weighted by Crippen LogP contribution is -2.18. The van der Waals surface area contributed by atoms with Crippen LogP contribution in [0.5, 0.6) is 11.5 Å². The van der Waals surface area contributed by atoms with E-state index in [2.05, 4.69) is 22.4 Å². The number of nitro benzene ring substituents is 1. The van der Waals surface area contributed by atoms with Gasteiger partial charge in [-0.05, 0) is 29.3 Å². The van der Waals surface area contributed by atoms with Crippen molar-refractivity contribution < 1.29 is 18.8 Å². The SMILES string of the molecule is COCCNCc1cccc(-c2cc3nccc(Oc4ccc([N+](=O)[O-])cc4F)c3s2)c1. The van der Waals surface area contributed by atoms with Gasteiger partial charge in [0.2, 0.25) is 0 Å². The van der Waals surface area contributed by atoms with Crippen molar-refractivity contribution in [1.82, 2.24) is 10.3 Å². The number of non-ortho nitro benzene ring substituents is 1. The van der Waals surface area contributed by atoms with Crippen molar-refractivity contribution in [1.29, 1.82) is 0 Å². The Bertz CT molecular complexity index is 1260. The van der Waals surface area contributed by atoms with Gasteiger partial charge < -0.3 is 14.8 Å². The Morgan fingerprint density at radius 3 is 2.81 bits per heavy atom. The number of hydrogen-bond acceptors (Lipinski definition) is 7. The van der Waals surface area contributed by atoms with Crippen LogP contribution in [0.2, 0.25) is 0 Å². The molecule has 4 aromatic rings. The summed E-state index contributed by atoms with van der Waals surface area (Å²) in [7, 11) is 1.67. The van der Waals surface area contributed by atoms with E-state index in [0.717, 1.165) is 45.4 Å². The number of rotatable bonds is 9. The van der Waals surface area contributed by atoms with Gasteiger partial charge in [0, 0.05) is 43.4 Å². The third-order valence-electron chi connectivity index (χ3n) is 4.75. The molecule has 0 saturated heterocycles. The number of benzene rings is 2. The monoisotopic (exact) mass is 453 g/mol. The maximum Gasteiger partial charge on any atom is 0.272 e. The lowest BCUT2D eigenvalue weighted by atomic mass is 10.1. The molecule has 164 valence electrons. The van der Waals surface area contributed by atoms with Crippen LogP contribution in [0.25, 0.3) is 20.7 Å². The molecule has 0 aliphatic carbocycles. The molecular formula is C23H20FN3O4S. The fourth-order valence-electron chi connectivity index (χ4n) is 3.18. The maximum absolute atomic E-state index is 14.3. The summed E-state index contributed by atoms with van der Waals surface area (Å²) in [6.07, 6.45) is 1.59. The van der Waals surface area contributed by atoms with Gasteiger partial charge in [-0.15, -0.1) is 11.3 Å². The highest BCUT2D eigenvalue weighted by Crippen LogP contribution is 2.40. The van der Waals surface area contributed by atoms with Crippen molar-refractivity contribution in [2.45, 2.75) is 6.54 Å². The largest absolute Gasteiger partial charge is 0.453 e. The van der Waals surface area contributed by atoms with Crippen LogP contribution >= 0.6 is 11.3 Å². The molecule has 7 nitrogen and oxygen atoms in total. The van der Waals surface area contributed by atoms with Gasteiger partial charge in [-0.1, -0.05) is 18.2 Å². The molecule has 4 rings (SSSR count). The molecule has 1 N–H and O–H groups in total. The van der Waals surface area contributed by atoms with E-state index in [4.69, 9.17) is 9.47 Å². The Morgan fingerprint density at radius 2 is 2.03 bits per heavy atom. The minimum atomic E-state index is -0.797. The summed E-state index contributed by atoms with van der Waals surface area (Å²) in [5, 5.41) is 14.2. The Labute approximate surface area is 187 Å². The first-order chi connectivity index (χ1) is 15.5. The van der Waals surface area contributed by atoms with Gasteiger partial charge in [0.1, 0.15) is 5.75 Å². The molecule has 0 aliphatic rings. The summed E-state index contributed by atoms with van der Waals surface area (Å²) < 4.78 is 25.9. The van der Waals surface area contributed by atoms with Crippen LogP contribution in [0.15, 0.2) is 60.8 Å². The van der Waals surface area contributed by atoms with Crippen LogP contribution in [-0.2, 0) is 11.3 Å². The van der Waals surface area contributed by atoms with E-state index in [1.165, 1.54) is 23.5 Å². The topological polar surface area (TPSA) is 86.5 Å². The summed E-state index contributed by atoms with van der Waals surface area (Å²) in [4.78, 5) is 15.6. The lowest BCUT2D eigenvalue weighted by Gasteiger charge is -2.07. The maximum atomic E-state index is 14.3.